The topological polar surface area (TPSA) is 64.7 Å². The minimum Gasteiger partial charge on any atom is -0.352 e. The van der Waals surface area contributed by atoms with E-state index in [0.717, 1.165) is 39.0 Å². The summed E-state index contributed by atoms with van der Waals surface area (Å²) >= 11 is 11.9. The van der Waals surface area contributed by atoms with Gasteiger partial charge in [0.05, 0.1) is 12.6 Å². The van der Waals surface area contributed by atoms with E-state index < -0.39 is 0 Å². The van der Waals surface area contributed by atoms with E-state index in [2.05, 4.69) is 20.4 Å². The van der Waals surface area contributed by atoms with Crippen molar-refractivity contribution in [1.29, 1.82) is 0 Å². The number of carbonyl (C=O) groups is 2. The quantitative estimate of drug-likeness (QED) is 0.770. The smallest absolute Gasteiger partial charge is 0.241 e. The molecule has 1 saturated heterocycles. The molecule has 8 heteroatoms. The van der Waals surface area contributed by atoms with Crippen molar-refractivity contribution >= 4 is 40.7 Å². The third-order valence-corrected chi connectivity index (χ3v) is 5.21. The van der Waals surface area contributed by atoms with E-state index in [1.54, 1.807) is 18.2 Å². The van der Waals surface area contributed by atoms with Crippen LogP contribution in [-0.2, 0) is 9.59 Å². The van der Waals surface area contributed by atoms with E-state index >= 15 is 0 Å². The molecule has 1 unspecified atom stereocenters. The SMILES string of the molecule is CC(C(=O)Nc1cc(Cl)cc(Cl)c1)N1CCN(CC(=O)NC2CC2)CC1. The van der Waals surface area contributed by atoms with Gasteiger partial charge in [0.25, 0.3) is 0 Å². The van der Waals surface area contributed by atoms with Crippen LogP contribution in [0.4, 0.5) is 5.69 Å². The molecular weight excluding hydrogens is 375 g/mol. The fourth-order valence-electron chi connectivity index (χ4n) is 3.05. The molecule has 3 rings (SSSR count). The van der Waals surface area contributed by atoms with Crippen molar-refractivity contribution in [2.45, 2.75) is 31.8 Å². The average Bonchev–Trinajstić information content (AvgIpc) is 3.37. The first kappa shape index (κ1) is 19.4. The van der Waals surface area contributed by atoms with Crippen molar-refractivity contribution in [2.24, 2.45) is 0 Å². The summed E-state index contributed by atoms with van der Waals surface area (Å²) in [5.41, 5.74) is 0.592. The minimum absolute atomic E-state index is 0.0942. The summed E-state index contributed by atoms with van der Waals surface area (Å²) in [4.78, 5) is 28.7. The Balaban J connectivity index is 1.45. The predicted molar refractivity (Wildman–Crippen MR) is 104 cm³/mol. The minimum atomic E-state index is -0.268. The van der Waals surface area contributed by atoms with Gasteiger partial charge in [-0.25, -0.2) is 0 Å². The molecule has 1 saturated carbocycles. The Morgan fingerprint density at radius 1 is 1.12 bits per heavy atom. The first-order valence-corrected chi connectivity index (χ1v) is 9.69. The molecule has 2 fully saturated rings. The van der Waals surface area contributed by atoms with Gasteiger partial charge in [0.1, 0.15) is 0 Å². The molecule has 0 spiro atoms. The molecule has 2 aliphatic rings. The van der Waals surface area contributed by atoms with E-state index in [4.69, 9.17) is 23.2 Å². The largest absolute Gasteiger partial charge is 0.352 e. The number of carbonyl (C=O) groups excluding carboxylic acids is 2. The van der Waals surface area contributed by atoms with Crippen LogP contribution in [0.2, 0.25) is 10.0 Å². The maximum Gasteiger partial charge on any atom is 0.241 e. The van der Waals surface area contributed by atoms with Gasteiger partial charge >= 0.3 is 0 Å². The molecule has 1 atom stereocenters. The van der Waals surface area contributed by atoms with Crippen LogP contribution in [0.15, 0.2) is 18.2 Å². The van der Waals surface area contributed by atoms with Crippen LogP contribution in [-0.4, -0.2) is 66.4 Å². The van der Waals surface area contributed by atoms with Crippen LogP contribution in [0, 0.1) is 0 Å². The zero-order chi connectivity index (χ0) is 18.7. The Morgan fingerprint density at radius 3 is 2.31 bits per heavy atom. The maximum absolute atomic E-state index is 12.5. The number of halogens is 2. The summed E-state index contributed by atoms with van der Waals surface area (Å²) in [7, 11) is 0. The van der Waals surface area contributed by atoms with Crippen LogP contribution in [0.25, 0.3) is 0 Å². The van der Waals surface area contributed by atoms with Gasteiger partial charge in [-0.1, -0.05) is 23.2 Å². The van der Waals surface area contributed by atoms with Crippen LogP contribution >= 0.6 is 23.2 Å². The molecule has 1 aliphatic heterocycles. The predicted octanol–water partition coefficient (Wildman–Crippen LogP) is 2.22. The Kier molecular flexibility index (Phi) is 6.40. The lowest BCUT2D eigenvalue weighted by Crippen LogP contribution is -2.54. The number of piperazine rings is 1. The van der Waals surface area contributed by atoms with Gasteiger partial charge in [0.2, 0.25) is 11.8 Å². The van der Waals surface area contributed by atoms with Gasteiger partial charge in [0.15, 0.2) is 0 Å². The highest BCUT2D eigenvalue weighted by molar-refractivity contribution is 6.35. The van der Waals surface area contributed by atoms with Crippen molar-refractivity contribution in [3.8, 4) is 0 Å². The molecule has 0 bridgehead atoms. The maximum atomic E-state index is 12.5. The summed E-state index contributed by atoms with van der Waals surface area (Å²) in [6.45, 7) is 5.38. The number of anilines is 1. The Morgan fingerprint density at radius 2 is 1.73 bits per heavy atom. The van der Waals surface area contributed by atoms with Crippen molar-refractivity contribution in [3.63, 3.8) is 0 Å². The number of hydrogen-bond donors (Lipinski definition) is 2. The highest BCUT2D eigenvalue weighted by Gasteiger charge is 2.28. The normalized spacial score (nSPS) is 19.8. The zero-order valence-electron chi connectivity index (χ0n) is 14.8. The third kappa shape index (κ3) is 5.58. The van der Waals surface area contributed by atoms with E-state index in [1.165, 1.54) is 0 Å². The average molecular weight is 399 g/mol. The second kappa shape index (κ2) is 8.57. The molecule has 6 nitrogen and oxygen atoms in total. The number of rotatable bonds is 6. The monoisotopic (exact) mass is 398 g/mol. The molecule has 0 aromatic heterocycles. The van der Waals surface area contributed by atoms with Crippen molar-refractivity contribution < 1.29 is 9.59 Å². The summed E-state index contributed by atoms with van der Waals surface area (Å²) < 4.78 is 0. The van der Waals surface area contributed by atoms with Crippen molar-refractivity contribution in [3.05, 3.63) is 28.2 Å². The van der Waals surface area contributed by atoms with Crippen LogP contribution in [0.5, 0.6) is 0 Å². The second-order valence-corrected chi connectivity index (χ2v) is 7.85. The van der Waals surface area contributed by atoms with Gasteiger partial charge in [0, 0.05) is 48.0 Å². The molecule has 2 N–H and O–H groups in total. The molecule has 1 aliphatic carbocycles. The molecule has 142 valence electrons. The molecule has 26 heavy (non-hydrogen) atoms. The Labute approximate surface area is 163 Å². The molecule has 1 aromatic carbocycles. The van der Waals surface area contributed by atoms with Gasteiger partial charge < -0.3 is 10.6 Å². The number of hydrogen-bond acceptors (Lipinski definition) is 4. The van der Waals surface area contributed by atoms with E-state index in [0.29, 0.717) is 28.3 Å². The van der Waals surface area contributed by atoms with Gasteiger partial charge in [-0.3, -0.25) is 19.4 Å². The van der Waals surface area contributed by atoms with Crippen LogP contribution in [0.1, 0.15) is 19.8 Å². The van der Waals surface area contributed by atoms with E-state index in [9.17, 15) is 9.59 Å². The lowest BCUT2D eigenvalue weighted by atomic mass is 10.2. The number of nitrogens with zero attached hydrogens (tertiary/aromatic N) is 2. The van der Waals surface area contributed by atoms with Crippen molar-refractivity contribution in [2.75, 3.05) is 38.0 Å². The fourth-order valence-corrected chi connectivity index (χ4v) is 3.58. The first-order chi connectivity index (χ1) is 12.4. The van der Waals surface area contributed by atoms with Crippen LogP contribution < -0.4 is 10.6 Å². The molecular formula is C18H24Cl2N4O2. The Hall–Kier alpha value is -1.34. The molecule has 1 aromatic rings. The highest BCUT2D eigenvalue weighted by atomic mass is 35.5. The lowest BCUT2D eigenvalue weighted by molar-refractivity contribution is -0.124. The summed E-state index contributed by atoms with van der Waals surface area (Å²) in [5.74, 6) is 0.00726. The van der Waals surface area contributed by atoms with Gasteiger partial charge in [-0.2, -0.15) is 0 Å². The fraction of sp³-hybridized carbons (Fsp3) is 0.556. The van der Waals surface area contributed by atoms with Crippen molar-refractivity contribution in [1.82, 2.24) is 15.1 Å². The van der Waals surface area contributed by atoms with Gasteiger partial charge in [-0.05, 0) is 38.0 Å². The summed E-state index contributed by atoms with van der Waals surface area (Å²) in [6.07, 6.45) is 2.20. The molecule has 2 amide bonds. The number of nitrogens with one attached hydrogen (secondary N) is 2. The summed E-state index contributed by atoms with van der Waals surface area (Å²) in [5, 5.41) is 6.84. The summed E-state index contributed by atoms with van der Waals surface area (Å²) in [6, 6.07) is 5.10. The molecule has 0 radical (unpaired) electrons. The van der Waals surface area contributed by atoms with Gasteiger partial charge in [-0.15, -0.1) is 0 Å². The standard InChI is InChI=1S/C18H24Cl2N4O2/c1-12(18(26)22-16-9-13(19)8-14(20)10-16)24-6-4-23(5-7-24)11-17(25)21-15-2-3-15/h8-10,12,15H,2-7,11H2,1H3,(H,21,25)(H,22,26). The lowest BCUT2D eigenvalue weighted by Gasteiger charge is -2.37. The van der Waals surface area contributed by atoms with E-state index in [-0.39, 0.29) is 17.9 Å². The van der Waals surface area contributed by atoms with E-state index in [1.807, 2.05) is 6.92 Å². The highest BCUT2D eigenvalue weighted by Crippen LogP contribution is 2.23. The number of amides is 2. The number of benzene rings is 1. The Bertz CT molecular complexity index is 653. The zero-order valence-corrected chi connectivity index (χ0v) is 16.3. The third-order valence-electron chi connectivity index (χ3n) is 4.77. The first-order valence-electron chi connectivity index (χ1n) is 8.93. The second-order valence-electron chi connectivity index (χ2n) is 6.98. The molecule has 1 heterocycles. The van der Waals surface area contributed by atoms with Crippen LogP contribution in [0.3, 0.4) is 0 Å².